The Kier molecular flexibility index (Phi) is 4.92. The molecule has 0 saturated carbocycles. The number of hydrogen-bond acceptors (Lipinski definition) is 3. The van der Waals surface area contributed by atoms with Gasteiger partial charge in [-0.25, -0.2) is 4.98 Å². The Morgan fingerprint density at radius 1 is 0.742 bits per heavy atom. The number of anilines is 1. The van der Waals surface area contributed by atoms with Crippen molar-refractivity contribution in [2.24, 2.45) is 0 Å². The number of aromatic amines is 1. The molecular weight excluding hydrogens is 398 g/mol. The molecule has 0 unspecified atom stereocenters. The van der Waals surface area contributed by atoms with Crippen molar-refractivity contribution in [2.75, 3.05) is 5.73 Å². The molecule has 0 spiro atoms. The highest BCUT2D eigenvalue weighted by molar-refractivity contribution is 7.14. The summed E-state index contributed by atoms with van der Waals surface area (Å²) in [6.07, 6.45) is 0. The average molecular weight is 422 g/mol. The first kappa shape index (κ1) is 19.3. The molecule has 5 rings (SSSR count). The number of H-pyrrole nitrogens is 1. The van der Waals surface area contributed by atoms with Gasteiger partial charge in [-0.15, -0.1) is 11.3 Å². The van der Waals surface area contributed by atoms with Crippen LogP contribution in [0.4, 0.5) is 5.69 Å². The molecule has 2 aromatic heterocycles. The average Bonchev–Trinajstić information content (AvgIpc) is 3.42. The van der Waals surface area contributed by atoms with E-state index in [0.29, 0.717) is 0 Å². The summed E-state index contributed by atoms with van der Waals surface area (Å²) in [7, 11) is 0. The minimum Gasteiger partial charge on any atom is -0.397 e. The molecule has 0 radical (unpaired) electrons. The molecule has 31 heavy (non-hydrogen) atoms. The molecule has 0 amide bonds. The van der Waals surface area contributed by atoms with Gasteiger partial charge >= 0.3 is 0 Å². The lowest BCUT2D eigenvalue weighted by atomic mass is 9.66. The van der Waals surface area contributed by atoms with E-state index in [0.717, 1.165) is 27.8 Å². The predicted molar refractivity (Wildman–Crippen MR) is 129 cm³/mol. The van der Waals surface area contributed by atoms with Gasteiger partial charge < -0.3 is 10.7 Å². The van der Waals surface area contributed by atoms with Gasteiger partial charge in [-0.05, 0) is 35.1 Å². The summed E-state index contributed by atoms with van der Waals surface area (Å²) in [6, 6.07) is 33.8. The smallest absolute Gasteiger partial charge is 0.105 e. The van der Waals surface area contributed by atoms with Gasteiger partial charge in [0.25, 0.3) is 0 Å². The number of rotatable bonds is 5. The van der Waals surface area contributed by atoms with E-state index in [2.05, 4.69) is 96.0 Å². The van der Waals surface area contributed by atoms with Crippen molar-refractivity contribution in [1.82, 2.24) is 9.97 Å². The van der Waals surface area contributed by atoms with Gasteiger partial charge in [-0.3, -0.25) is 0 Å². The second-order valence-electron chi connectivity index (χ2n) is 7.60. The second-order valence-corrected chi connectivity index (χ2v) is 8.52. The van der Waals surface area contributed by atoms with Crippen LogP contribution in [0.1, 0.15) is 28.2 Å². The summed E-state index contributed by atoms with van der Waals surface area (Å²) >= 11 is 1.62. The number of nitrogens with zero attached hydrogens (tertiary/aromatic N) is 1. The van der Waals surface area contributed by atoms with Crippen LogP contribution in [0, 0.1) is 6.92 Å². The molecule has 0 fully saturated rings. The van der Waals surface area contributed by atoms with E-state index in [9.17, 15) is 0 Å². The summed E-state index contributed by atoms with van der Waals surface area (Å²) in [6.45, 7) is 2.00. The van der Waals surface area contributed by atoms with Gasteiger partial charge in [-0.2, -0.15) is 0 Å². The molecule has 0 aliphatic carbocycles. The van der Waals surface area contributed by atoms with E-state index in [1.165, 1.54) is 16.7 Å². The largest absolute Gasteiger partial charge is 0.397 e. The first-order valence-corrected chi connectivity index (χ1v) is 11.2. The lowest BCUT2D eigenvalue weighted by Crippen LogP contribution is -2.32. The Morgan fingerprint density at radius 2 is 1.23 bits per heavy atom. The Labute approximate surface area is 186 Å². The van der Waals surface area contributed by atoms with Crippen molar-refractivity contribution in [3.05, 3.63) is 131 Å². The molecule has 3 nitrogen and oxygen atoms in total. The SMILES string of the molecule is Cc1nc(-c2sccc2N)c(C(c2ccccc2)(c2ccccc2)c2ccccc2)[nH]1. The normalized spacial score (nSPS) is 11.5. The first-order valence-electron chi connectivity index (χ1n) is 10.3. The fourth-order valence-corrected chi connectivity index (χ4v) is 5.25. The zero-order chi connectivity index (χ0) is 21.3. The summed E-state index contributed by atoms with van der Waals surface area (Å²) < 4.78 is 0. The number of nitrogens with one attached hydrogen (secondary N) is 1. The fraction of sp³-hybridized carbons (Fsp3) is 0.0741. The van der Waals surface area contributed by atoms with Crippen molar-refractivity contribution < 1.29 is 0 Å². The van der Waals surface area contributed by atoms with Crippen LogP contribution in [-0.2, 0) is 5.41 Å². The Morgan fingerprint density at radius 3 is 1.65 bits per heavy atom. The van der Waals surface area contributed by atoms with Crippen LogP contribution in [-0.4, -0.2) is 9.97 Å². The van der Waals surface area contributed by atoms with E-state index < -0.39 is 5.41 Å². The Balaban J connectivity index is 1.95. The molecule has 0 saturated heterocycles. The topological polar surface area (TPSA) is 54.7 Å². The van der Waals surface area contributed by atoms with Crippen molar-refractivity contribution in [3.8, 4) is 10.6 Å². The van der Waals surface area contributed by atoms with E-state index in [4.69, 9.17) is 10.7 Å². The number of nitrogens with two attached hydrogens (primary N) is 1. The molecule has 0 bridgehead atoms. The van der Waals surface area contributed by atoms with E-state index >= 15 is 0 Å². The Bertz CT molecular complexity index is 1190. The van der Waals surface area contributed by atoms with Crippen LogP contribution in [0.5, 0.6) is 0 Å². The second kappa shape index (κ2) is 7.89. The van der Waals surface area contributed by atoms with Gasteiger partial charge in [0.05, 0.1) is 21.7 Å². The maximum atomic E-state index is 6.37. The number of aryl methyl sites for hydroxylation is 1. The number of hydrogen-bond donors (Lipinski definition) is 2. The lowest BCUT2D eigenvalue weighted by Gasteiger charge is -2.36. The highest BCUT2D eigenvalue weighted by Gasteiger charge is 2.42. The molecule has 5 aromatic rings. The maximum absolute atomic E-state index is 6.37. The zero-order valence-electron chi connectivity index (χ0n) is 17.2. The third-order valence-corrected chi connectivity index (χ3v) is 6.67. The number of nitrogen functional groups attached to an aromatic ring is 1. The molecule has 3 aromatic carbocycles. The van der Waals surface area contributed by atoms with Crippen molar-refractivity contribution in [3.63, 3.8) is 0 Å². The van der Waals surface area contributed by atoms with Gasteiger partial charge in [0, 0.05) is 0 Å². The van der Waals surface area contributed by atoms with Crippen LogP contribution < -0.4 is 5.73 Å². The number of thiophene rings is 1. The summed E-state index contributed by atoms with van der Waals surface area (Å²) in [5, 5.41) is 2.02. The molecule has 3 N–H and O–H groups in total. The Hall–Kier alpha value is -3.63. The van der Waals surface area contributed by atoms with Crippen molar-refractivity contribution in [2.45, 2.75) is 12.3 Å². The lowest BCUT2D eigenvalue weighted by molar-refractivity contribution is 0.720. The summed E-state index contributed by atoms with van der Waals surface area (Å²) in [4.78, 5) is 9.56. The molecule has 4 heteroatoms. The van der Waals surface area contributed by atoms with Gasteiger partial charge in [0.1, 0.15) is 11.5 Å². The minimum atomic E-state index is -0.573. The molecule has 0 aliphatic rings. The van der Waals surface area contributed by atoms with Gasteiger partial charge in [-0.1, -0.05) is 91.0 Å². The van der Waals surface area contributed by atoms with Crippen molar-refractivity contribution >= 4 is 17.0 Å². The van der Waals surface area contributed by atoms with Crippen molar-refractivity contribution in [1.29, 1.82) is 0 Å². The van der Waals surface area contributed by atoms with Crippen LogP contribution in [0.15, 0.2) is 102 Å². The molecule has 152 valence electrons. The molecule has 0 atom stereocenters. The van der Waals surface area contributed by atoms with E-state index in [1.54, 1.807) is 11.3 Å². The predicted octanol–water partition coefficient (Wildman–Crippen LogP) is 6.41. The first-order chi connectivity index (χ1) is 15.2. The molecular formula is C27H23N3S. The summed E-state index contributed by atoms with van der Waals surface area (Å²) in [5.74, 6) is 0.866. The molecule has 2 heterocycles. The fourth-order valence-electron chi connectivity index (χ4n) is 4.44. The van der Waals surface area contributed by atoms with E-state index in [-0.39, 0.29) is 0 Å². The van der Waals surface area contributed by atoms with Gasteiger partial charge in [0.15, 0.2) is 0 Å². The third kappa shape index (κ3) is 3.16. The number of imidazole rings is 1. The summed E-state index contributed by atoms with van der Waals surface area (Å²) in [5.41, 5.74) is 12.0. The number of aromatic nitrogens is 2. The highest BCUT2D eigenvalue weighted by Crippen LogP contribution is 2.48. The molecule has 0 aliphatic heterocycles. The number of benzene rings is 3. The quantitative estimate of drug-likeness (QED) is 0.322. The third-order valence-electron chi connectivity index (χ3n) is 5.73. The van der Waals surface area contributed by atoms with Crippen LogP contribution >= 0.6 is 11.3 Å². The monoisotopic (exact) mass is 421 g/mol. The van der Waals surface area contributed by atoms with Crippen LogP contribution in [0.2, 0.25) is 0 Å². The van der Waals surface area contributed by atoms with Gasteiger partial charge in [0.2, 0.25) is 0 Å². The minimum absolute atomic E-state index is 0.573. The van der Waals surface area contributed by atoms with E-state index in [1.807, 2.05) is 18.4 Å². The maximum Gasteiger partial charge on any atom is 0.105 e. The highest BCUT2D eigenvalue weighted by atomic mass is 32.1. The standard InChI is InChI=1S/C27H23N3S/c1-19-29-24(25-23(28)17-18-31-25)26(30-19)27(20-11-5-2-6-12-20,21-13-7-3-8-14-21)22-15-9-4-10-16-22/h2-18H,28H2,1H3,(H,29,30). The zero-order valence-corrected chi connectivity index (χ0v) is 18.1. The van der Waals surface area contributed by atoms with Crippen LogP contribution in [0.25, 0.3) is 10.6 Å². The van der Waals surface area contributed by atoms with Crippen LogP contribution in [0.3, 0.4) is 0 Å².